The summed E-state index contributed by atoms with van der Waals surface area (Å²) >= 11 is 0. The van der Waals surface area contributed by atoms with Gasteiger partial charge >= 0.3 is 0 Å². The van der Waals surface area contributed by atoms with Gasteiger partial charge in [-0.15, -0.1) is 0 Å². The topological polar surface area (TPSA) is 66.4 Å². The number of aliphatic hydroxyl groups excluding tert-OH is 1. The summed E-state index contributed by atoms with van der Waals surface area (Å²) in [6, 6.07) is 0.154. The quantitative estimate of drug-likeness (QED) is 0.729. The van der Waals surface area contributed by atoms with Crippen LogP contribution in [0.5, 0.6) is 0 Å². The van der Waals surface area contributed by atoms with Gasteiger partial charge in [0.15, 0.2) is 0 Å². The Hall–Kier alpha value is -0.130. The second kappa shape index (κ2) is 4.03. The minimum atomic E-state index is -2.93. The van der Waals surface area contributed by atoms with Gasteiger partial charge in [0.25, 0.3) is 0 Å². The second-order valence-electron chi connectivity index (χ2n) is 5.29. The fourth-order valence-electron chi connectivity index (χ4n) is 2.03. The van der Waals surface area contributed by atoms with Crippen molar-refractivity contribution in [2.45, 2.75) is 45.4 Å². The third-order valence-electron chi connectivity index (χ3n) is 3.25. The summed E-state index contributed by atoms with van der Waals surface area (Å²) in [6.07, 6.45) is 1.67. The van der Waals surface area contributed by atoms with Crippen molar-refractivity contribution < 1.29 is 13.5 Å². The molecule has 0 saturated heterocycles. The zero-order valence-corrected chi connectivity index (χ0v) is 10.6. The van der Waals surface area contributed by atoms with E-state index < -0.39 is 9.84 Å². The van der Waals surface area contributed by atoms with Crippen LogP contribution in [0.2, 0.25) is 0 Å². The number of hydrogen-bond donors (Lipinski definition) is 2. The maximum Gasteiger partial charge on any atom is 0.148 e. The molecule has 3 unspecified atom stereocenters. The lowest BCUT2D eigenvalue weighted by Crippen LogP contribution is -2.62. The summed E-state index contributed by atoms with van der Waals surface area (Å²) in [7, 11) is -2.93. The van der Waals surface area contributed by atoms with Crippen LogP contribution >= 0.6 is 0 Å². The monoisotopic (exact) mass is 235 g/mol. The van der Waals surface area contributed by atoms with Crippen molar-refractivity contribution in [1.82, 2.24) is 5.32 Å². The molecule has 0 heterocycles. The summed E-state index contributed by atoms with van der Waals surface area (Å²) in [4.78, 5) is 0. The zero-order valence-electron chi connectivity index (χ0n) is 9.82. The fourth-order valence-corrected chi connectivity index (χ4v) is 3.04. The lowest BCUT2D eigenvalue weighted by molar-refractivity contribution is -0.0746. The molecule has 1 saturated carbocycles. The smallest absolute Gasteiger partial charge is 0.148 e. The molecule has 5 heteroatoms. The highest BCUT2D eigenvalue weighted by Crippen LogP contribution is 2.40. The Labute approximate surface area is 92.0 Å². The molecule has 0 aromatic heterocycles. The van der Waals surface area contributed by atoms with E-state index >= 15 is 0 Å². The summed E-state index contributed by atoms with van der Waals surface area (Å²) < 4.78 is 22.1. The van der Waals surface area contributed by atoms with Crippen molar-refractivity contribution in [3.05, 3.63) is 0 Å². The van der Waals surface area contributed by atoms with Gasteiger partial charge in [-0.3, -0.25) is 0 Å². The molecule has 0 amide bonds. The summed E-state index contributed by atoms with van der Waals surface area (Å²) in [5.41, 5.74) is -0.147. The normalized spacial score (nSPS) is 32.1. The van der Waals surface area contributed by atoms with Gasteiger partial charge in [0.2, 0.25) is 0 Å². The Morgan fingerprint density at radius 1 is 1.53 bits per heavy atom. The van der Waals surface area contributed by atoms with E-state index in [-0.39, 0.29) is 29.4 Å². The van der Waals surface area contributed by atoms with Crippen LogP contribution in [0.15, 0.2) is 0 Å². The highest BCUT2D eigenvalue weighted by Gasteiger charge is 2.47. The van der Waals surface area contributed by atoms with Crippen molar-refractivity contribution >= 4 is 9.84 Å². The first-order valence-corrected chi connectivity index (χ1v) is 7.31. The Morgan fingerprint density at radius 2 is 2.07 bits per heavy atom. The van der Waals surface area contributed by atoms with Crippen molar-refractivity contribution in [3.63, 3.8) is 0 Å². The first kappa shape index (κ1) is 12.9. The summed E-state index contributed by atoms with van der Waals surface area (Å²) in [5.74, 6) is 0.148. The largest absolute Gasteiger partial charge is 0.392 e. The van der Waals surface area contributed by atoms with E-state index in [1.54, 1.807) is 0 Å². The lowest BCUT2D eigenvalue weighted by atomic mass is 9.64. The summed E-state index contributed by atoms with van der Waals surface area (Å²) in [6.45, 7) is 5.85. The van der Waals surface area contributed by atoms with E-state index in [9.17, 15) is 13.5 Å². The van der Waals surface area contributed by atoms with Crippen LogP contribution in [0.1, 0.15) is 27.2 Å². The first-order valence-electron chi connectivity index (χ1n) is 5.25. The maximum atomic E-state index is 11.1. The van der Waals surface area contributed by atoms with Crippen LogP contribution in [-0.4, -0.2) is 43.7 Å². The zero-order chi connectivity index (χ0) is 11.9. The average Bonchev–Trinajstić information content (AvgIpc) is 2.00. The molecule has 15 heavy (non-hydrogen) atoms. The van der Waals surface area contributed by atoms with E-state index in [0.29, 0.717) is 6.42 Å². The fraction of sp³-hybridized carbons (Fsp3) is 1.00. The molecule has 0 radical (unpaired) electrons. The minimum absolute atomic E-state index is 0.0585. The molecule has 0 aromatic carbocycles. The Bertz CT molecular complexity index is 324. The van der Waals surface area contributed by atoms with Gasteiger partial charge in [-0.1, -0.05) is 13.8 Å². The van der Waals surface area contributed by atoms with Gasteiger partial charge < -0.3 is 10.4 Å². The van der Waals surface area contributed by atoms with Crippen LogP contribution in [0.3, 0.4) is 0 Å². The van der Waals surface area contributed by atoms with Gasteiger partial charge in [0.05, 0.1) is 11.9 Å². The van der Waals surface area contributed by atoms with E-state index in [2.05, 4.69) is 5.32 Å². The van der Waals surface area contributed by atoms with Crippen molar-refractivity contribution in [2.24, 2.45) is 5.41 Å². The molecule has 4 nitrogen and oxygen atoms in total. The third kappa shape index (κ3) is 3.16. The standard InChI is InChI=1S/C10H21NO3S/c1-7(6-15(4,13)14)11-8-5-9(12)10(8,2)3/h7-9,11-12H,5-6H2,1-4H3. The van der Waals surface area contributed by atoms with E-state index in [0.717, 1.165) is 0 Å². The molecule has 90 valence electrons. The van der Waals surface area contributed by atoms with Crippen LogP contribution in [0, 0.1) is 5.41 Å². The van der Waals surface area contributed by atoms with Crippen molar-refractivity contribution in [1.29, 1.82) is 0 Å². The second-order valence-corrected chi connectivity index (χ2v) is 7.47. The van der Waals surface area contributed by atoms with Crippen LogP contribution in [0.25, 0.3) is 0 Å². The molecule has 2 N–H and O–H groups in total. The molecule has 0 spiro atoms. The van der Waals surface area contributed by atoms with E-state index in [1.807, 2.05) is 20.8 Å². The SMILES string of the molecule is CC(CS(C)(=O)=O)NC1CC(O)C1(C)C. The third-order valence-corrected chi connectivity index (χ3v) is 4.36. The van der Waals surface area contributed by atoms with Gasteiger partial charge in [-0.2, -0.15) is 0 Å². The number of hydrogen-bond acceptors (Lipinski definition) is 4. The lowest BCUT2D eigenvalue weighted by Gasteiger charge is -2.50. The number of sulfone groups is 1. The molecule has 0 bridgehead atoms. The Morgan fingerprint density at radius 3 is 2.40 bits per heavy atom. The molecular formula is C10H21NO3S. The van der Waals surface area contributed by atoms with Crippen LogP contribution < -0.4 is 5.32 Å². The van der Waals surface area contributed by atoms with Gasteiger partial charge in [0, 0.05) is 23.8 Å². The van der Waals surface area contributed by atoms with Crippen molar-refractivity contribution in [3.8, 4) is 0 Å². The van der Waals surface area contributed by atoms with Gasteiger partial charge in [-0.05, 0) is 13.3 Å². The molecule has 0 aliphatic heterocycles. The molecule has 0 aromatic rings. The van der Waals surface area contributed by atoms with Crippen LogP contribution in [0.4, 0.5) is 0 Å². The maximum absolute atomic E-state index is 11.1. The summed E-state index contributed by atoms with van der Waals surface area (Å²) in [5, 5.41) is 12.8. The predicted octanol–water partition coefficient (Wildman–Crippen LogP) is 0.169. The molecular weight excluding hydrogens is 214 g/mol. The molecule has 1 aliphatic rings. The number of nitrogens with one attached hydrogen (secondary N) is 1. The van der Waals surface area contributed by atoms with E-state index in [4.69, 9.17) is 0 Å². The molecule has 1 fully saturated rings. The number of aliphatic hydroxyl groups is 1. The molecule has 1 aliphatic carbocycles. The predicted molar refractivity (Wildman–Crippen MR) is 60.5 cm³/mol. The number of rotatable bonds is 4. The molecule has 1 rings (SSSR count). The van der Waals surface area contributed by atoms with Gasteiger partial charge in [0.1, 0.15) is 9.84 Å². The highest BCUT2D eigenvalue weighted by atomic mass is 32.2. The average molecular weight is 235 g/mol. The highest BCUT2D eigenvalue weighted by molar-refractivity contribution is 7.90. The van der Waals surface area contributed by atoms with Crippen molar-refractivity contribution in [2.75, 3.05) is 12.0 Å². The van der Waals surface area contributed by atoms with Gasteiger partial charge in [-0.25, -0.2) is 8.42 Å². The first-order chi connectivity index (χ1) is 6.63. The van der Waals surface area contributed by atoms with E-state index in [1.165, 1.54) is 6.26 Å². The minimum Gasteiger partial charge on any atom is -0.392 e. The molecule has 3 atom stereocenters. The van der Waals surface area contributed by atoms with Crippen LogP contribution in [-0.2, 0) is 9.84 Å². The Balaban J connectivity index is 2.44. The Kier molecular flexibility index (Phi) is 3.48.